The van der Waals surface area contributed by atoms with Gasteiger partial charge in [-0.05, 0) is 38.8 Å². The Morgan fingerprint density at radius 1 is 1.22 bits per heavy atom. The van der Waals surface area contributed by atoms with E-state index in [0.717, 1.165) is 6.26 Å². The fourth-order valence-corrected chi connectivity index (χ4v) is 4.47. The Labute approximate surface area is 189 Å². The Morgan fingerprint density at radius 2 is 1.81 bits per heavy atom. The van der Waals surface area contributed by atoms with Gasteiger partial charge in [-0.25, -0.2) is 18.2 Å². The van der Waals surface area contributed by atoms with Crippen LogP contribution in [0.4, 0.5) is 4.79 Å². The smallest absolute Gasteiger partial charge is 0.410 e. The molecule has 1 atom stereocenters. The van der Waals surface area contributed by atoms with Gasteiger partial charge in [0, 0.05) is 32.8 Å². The minimum Gasteiger partial charge on any atom is -0.461 e. The first-order valence-electron chi connectivity index (χ1n) is 10.3. The Morgan fingerprint density at radius 3 is 2.28 bits per heavy atom. The van der Waals surface area contributed by atoms with Gasteiger partial charge in [0.25, 0.3) is 0 Å². The Bertz CT molecular complexity index is 1130. The van der Waals surface area contributed by atoms with Crippen LogP contribution < -0.4 is 0 Å². The third kappa shape index (κ3) is 5.79. The lowest BCUT2D eigenvalue weighted by Crippen LogP contribution is -2.39. The summed E-state index contributed by atoms with van der Waals surface area (Å²) < 4.78 is 37.1. The maximum atomic E-state index is 12.7. The number of ether oxygens (including phenoxy) is 2. The third-order valence-corrected chi connectivity index (χ3v) is 6.10. The van der Waals surface area contributed by atoms with Crippen LogP contribution in [0.3, 0.4) is 0 Å². The molecule has 0 aliphatic carbocycles. The molecule has 0 aliphatic heterocycles. The Kier molecular flexibility index (Phi) is 7.28. The SMILES string of the molecule is CC(=O)OCc1cc2nc(C(C(C)C)N(C)C(=O)OC(C)(C)C)n(C)c2cc1S(C)(=O)=O. The lowest BCUT2D eigenvalue weighted by atomic mass is 10.0. The monoisotopic (exact) mass is 467 g/mol. The van der Waals surface area contributed by atoms with E-state index >= 15 is 0 Å². The van der Waals surface area contributed by atoms with Gasteiger partial charge in [0.05, 0.1) is 22.0 Å². The summed E-state index contributed by atoms with van der Waals surface area (Å²) in [4.78, 5) is 30.3. The maximum absolute atomic E-state index is 12.7. The highest BCUT2D eigenvalue weighted by molar-refractivity contribution is 7.90. The van der Waals surface area contributed by atoms with Crippen LogP contribution in [0.5, 0.6) is 0 Å². The van der Waals surface area contributed by atoms with Gasteiger partial charge < -0.3 is 18.9 Å². The first-order chi connectivity index (χ1) is 14.5. The summed E-state index contributed by atoms with van der Waals surface area (Å²) in [5.41, 5.74) is 0.840. The predicted molar refractivity (Wildman–Crippen MR) is 121 cm³/mol. The highest BCUT2D eigenvalue weighted by Gasteiger charge is 2.32. The first kappa shape index (κ1) is 25.6. The van der Waals surface area contributed by atoms with Gasteiger partial charge in [0.1, 0.15) is 18.0 Å². The van der Waals surface area contributed by atoms with Crippen molar-refractivity contribution in [2.24, 2.45) is 13.0 Å². The van der Waals surface area contributed by atoms with Crippen molar-refractivity contribution in [2.45, 2.75) is 64.7 Å². The van der Waals surface area contributed by atoms with Crippen molar-refractivity contribution in [1.29, 1.82) is 0 Å². The van der Waals surface area contributed by atoms with Crippen LogP contribution in [0.15, 0.2) is 17.0 Å². The molecule has 32 heavy (non-hydrogen) atoms. The second kappa shape index (κ2) is 9.09. The van der Waals surface area contributed by atoms with Crippen LogP contribution in [-0.4, -0.2) is 53.8 Å². The number of nitrogens with zero attached hydrogens (tertiary/aromatic N) is 3. The summed E-state index contributed by atoms with van der Waals surface area (Å²) >= 11 is 0. The van der Waals surface area contributed by atoms with Gasteiger partial charge in [-0.15, -0.1) is 0 Å². The van der Waals surface area contributed by atoms with Crippen molar-refractivity contribution in [3.05, 3.63) is 23.5 Å². The maximum Gasteiger partial charge on any atom is 0.410 e. The molecule has 0 radical (unpaired) electrons. The fraction of sp³-hybridized carbons (Fsp3) is 0.591. The first-order valence-corrected chi connectivity index (χ1v) is 12.2. The van der Waals surface area contributed by atoms with E-state index in [4.69, 9.17) is 14.5 Å². The number of sulfone groups is 1. The summed E-state index contributed by atoms with van der Waals surface area (Å²) in [6.45, 7) is 10.4. The predicted octanol–water partition coefficient (Wildman–Crippen LogP) is 3.60. The van der Waals surface area contributed by atoms with Crippen molar-refractivity contribution in [1.82, 2.24) is 14.5 Å². The number of esters is 1. The number of rotatable bonds is 6. The van der Waals surface area contributed by atoms with Crippen LogP contribution in [0, 0.1) is 5.92 Å². The van der Waals surface area contributed by atoms with E-state index < -0.39 is 33.5 Å². The van der Waals surface area contributed by atoms with Gasteiger partial charge in [0.2, 0.25) is 0 Å². The number of fused-ring (bicyclic) bond motifs is 1. The lowest BCUT2D eigenvalue weighted by Gasteiger charge is -2.32. The van der Waals surface area contributed by atoms with Crippen molar-refractivity contribution >= 4 is 32.9 Å². The number of hydrogen-bond acceptors (Lipinski definition) is 7. The second-order valence-corrected chi connectivity index (χ2v) is 11.3. The van der Waals surface area contributed by atoms with E-state index in [1.165, 1.54) is 17.9 Å². The third-order valence-electron chi connectivity index (χ3n) is 4.92. The van der Waals surface area contributed by atoms with Gasteiger partial charge in [-0.1, -0.05) is 13.8 Å². The topological polar surface area (TPSA) is 108 Å². The highest BCUT2D eigenvalue weighted by Crippen LogP contribution is 2.32. The summed E-state index contributed by atoms with van der Waals surface area (Å²) in [6.07, 6.45) is 0.631. The molecule has 10 heteroatoms. The van der Waals surface area contributed by atoms with Crippen molar-refractivity contribution in [2.75, 3.05) is 13.3 Å². The molecule has 1 amide bonds. The van der Waals surface area contributed by atoms with Gasteiger partial charge in [-0.2, -0.15) is 0 Å². The van der Waals surface area contributed by atoms with E-state index in [-0.39, 0.29) is 17.4 Å². The molecule has 0 aliphatic rings. The average Bonchev–Trinajstić information content (AvgIpc) is 2.92. The number of imidazole rings is 1. The molecular formula is C22H33N3O6S. The van der Waals surface area contributed by atoms with E-state index in [2.05, 4.69) is 0 Å². The number of carbonyl (C=O) groups excluding carboxylic acids is 2. The quantitative estimate of drug-likeness (QED) is 0.597. The average molecular weight is 468 g/mol. The number of aryl methyl sites for hydroxylation is 1. The molecule has 1 aromatic heterocycles. The molecule has 178 valence electrons. The normalized spacial score (nSPS) is 13.3. The summed E-state index contributed by atoms with van der Waals surface area (Å²) in [5.74, 6) is 0.0792. The molecule has 0 spiro atoms. The van der Waals surface area contributed by atoms with Crippen molar-refractivity contribution < 1.29 is 27.5 Å². The highest BCUT2D eigenvalue weighted by atomic mass is 32.2. The van der Waals surface area contributed by atoms with E-state index in [1.54, 1.807) is 45.5 Å². The minimum atomic E-state index is -3.58. The zero-order valence-electron chi connectivity index (χ0n) is 20.2. The van der Waals surface area contributed by atoms with Gasteiger partial charge >= 0.3 is 12.1 Å². The van der Waals surface area contributed by atoms with Crippen molar-refractivity contribution in [3.8, 4) is 0 Å². The van der Waals surface area contributed by atoms with Crippen LogP contribution in [0.1, 0.15) is 59.0 Å². The van der Waals surface area contributed by atoms with Crippen LogP contribution in [-0.2, 0) is 37.8 Å². The summed E-state index contributed by atoms with van der Waals surface area (Å²) in [7, 11) is -0.147. The molecular weight excluding hydrogens is 434 g/mol. The van der Waals surface area contributed by atoms with Crippen LogP contribution in [0.2, 0.25) is 0 Å². The zero-order valence-corrected chi connectivity index (χ0v) is 21.0. The van der Waals surface area contributed by atoms with Crippen LogP contribution in [0.25, 0.3) is 11.0 Å². The molecule has 2 aromatic rings. The fourth-order valence-electron chi connectivity index (χ4n) is 3.55. The molecule has 0 N–H and O–H groups in total. The Hall–Kier alpha value is -2.62. The second-order valence-electron chi connectivity index (χ2n) is 9.31. The standard InChI is InChI=1S/C22H33N3O6S/c1-13(2)19(25(8)21(27)31-22(4,5)6)20-23-16-10-15(12-30-14(3)26)18(32(9,28)29)11-17(16)24(20)7/h10-11,13,19H,12H2,1-9H3. The van der Waals surface area contributed by atoms with E-state index in [0.29, 0.717) is 22.4 Å². The largest absolute Gasteiger partial charge is 0.461 e. The van der Waals surface area contributed by atoms with Crippen molar-refractivity contribution in [3.63, 3.8) is 0 Å². The number of amides is 1. The number of hydrogen-bond donors (Lipinski definition) is 0. The van der Waals surface area contributed by atoms with Gasteiger partial charge in [-0.3, -0.25) is 4.79 Å². The lowest BCUT2D eigenvalue weighted by molar-refractivity contribution is -0.142. The molecule has 2 rings (SSSR count). The van der Waals surface area contributed by atoms with E-state index in [1.807, 2.05) is 13.8 Å². The summed E-state index contributed by atoms with van der Waals surface area (Å²) in [6, 6.07) is 2.73. The molecule has 1 aromatic carbocycles. The molecule has 0 fully saturated rings. The van der Waals surface area contributed by atoms with E-state index in [9.17, 15) is 18.0 Å². The number of aromatic nitrogens is 2. The van der Waals surface area contributed by atoms with Gasteiger partial charge in [0.15, 0.2) is 9.84 Å². The molecule has 0 bridgehead atoms. The molecule has 0 saturated heterocycles. The summed E-state index contributed by atoms with van der Waals surface area (Å²) in [5, 5.41) is 0. The molecule has 9 nitrogen and oxygen atoms in total. The minimum absolute atomic E-state index is 0.00192. The zero-order chi connectivity index (χ0) is 24.6. The Balaban J connectivity index is 2.63. The molecule has 0 saturated carbocycles. The molecule has 1 unspecified atom stereocenters. The molecule has 1 heterocycles. The number of carbonyl (C=O) groups is 2. The van der Waals surface area contributed by atoms with Crippen LogP contribution >= 0.6 is 0 Å². The number of benzene rings is 1.